The van der Waals surface area contributed by atoms with Gasteiger partial charge in [-0.25, -0.2) is 9.97 Å². The molecule has 3 rings (SSSR count). The number of pyridine rings is 2. The number of amides is 3. The second-order valence-corrected chi connectivity index (χ2v) is 10.4. The van der Waals surface area contributed by atoms with Gasteiger partial charge in [0.25, 0.3) is 17.7 Å². The monoisotopic (exact) mass is 633 g/mol. The molecule has 3 aromatic rings. The molecule has 6 N–H and O–H groups in total. The molecule has 46 heavy (non-hydrogen) atoms. The second kappa shape index (κ2) is 18.6. The van der Waals surface area contributed by atoms with Crippen LogP contribution in [0.15, 0.2) is 48.8 Å². The minimum atomic E-state index is -0.695. The minimum Gasteiger partial charge on any atom is -0.494 e. The number of carbonyl (C=O) groups excluding carboxylic acids is 4. The van der Waals surface area contributed by atoms with Gasteiger partial charge in [0.2, 0.25) is 0 Å². The van der Waals surface area contributed by atoms with Gasteiger partial charge in [-0.05, 0) is 44.0 Å². The number of anilines is 4. The van der Waals surface area contributed by atoms with Crippen LogP contribution >= 0.6 is 0 Å². The first-order valence-corrected chi connectivity index (χ1v) is 15.4. The molecule has 2 aromatic heterocycles. The highest BCUT2D eigenvalue weighted by atomic mass is 16.5. The summed E-state index contributed by atoms with van der Waals surface area (Å²) in [6, 6.07) is 9.90. The van der Waals surface area contributed by atoms with Crippen molar-refractivity contribution in [2.75, 3.05) is 37.9 Å². The number of nitrogens with two attached hydrogens (primary N) is 1. The zero-order chi connectivity index (χ0) is 33.3. The lowest BCUT2D eigenvalue weighted by molar-refractivity contribution is -0.143. The van der Waals surface area contributed by atoms with Gasteiger partial charge in [-0.2, -0.15) is 0 Å². The summed E-state index contributed by atoms with van der Waals surface area (Å²) in [6.07, 6.45) is 10.3. The number of para-hydroxylation sites is 1. The zero-order valence-corrected chi connectivity index (χ0v) is 26.6. The van der Waals surface area contributed by atoms with Gasteiger partial charge >= 0.3 is 5.97 Å². The summed E-state index contributed by atoms with van der Waals surface area (Å²) in [5.74, 6) is -0.275. The number of esters is 1. The van der Waals surface area contributed by atoms with Crippen molar-refractivity contribution in [3.05, 3.63) is 65.5 Å². The van der Waals surface area contributed by atoms with E-state index in [4.69, 9.17) is 15.2 Å². The Balaban J connectivity index is 1.51. The van der Waals surface area contributed by atoms with E-state index in [0.717, 1.165) is 44.9 Å². The highest BCUT2D eigenvalue weighted by molar-refractivity contribution is 6.01. The number of hydrogen-bond acceptors (Lipinski definition) is 10. The summed E-state index contributed by atoms with van der Waals surface area (Å²) in [7, 11) is 2.96. The molecule has 0 bridgehead atoms. The molecule has 0 saturated carbocycles. The van der Waals surface area contributed by atoms with Crippen LogP contribution in [0.1, 0.15) is 89.4 Å². The first-order chi connectivity index (χ1) is 22.3. The van der Waals surface area contributed by atoms with Gasteiger partial charge in [0.15, 0.2) is 5.75 Å². The Morgan fingerprint density at radius 2 is 1.52 bits per heavy atom. The normalized spacial score (nSPS) is 10.5. The maximum absolute atomic E-state index is 12.6. The van der Waals surface area contributed by atoms with Crippen molar-refractivity contribution in [3.63, 3.8) is 0 Å². The number of rotatable bonds is 19. The molecule has 246 valence electrons. The summed E-state index contributed by atoms with van der Waals surface area (Å²) in [5, 5.41) is 11.7. The highest BCUT2D eigenvalue weighted by Crippen LogP contribution is 2.33. The van der Waals surface area contributed by atoms with Gasteiger partial charge in [-0.15, -0.1) is 0 Å². The number of aromatic nitrogens is 2. The van der Waals surface area contributed by atoms with Crippen molar-refractivity contribution in [1.29, 1.82) is 0 Å². The van der Waals surface area contributed by atoms with Crippen LogP contribution in [-0.2, 0) is 9.53 Å². The van der Waals surface area contributed by atoms with Crippen LogP contribution < -0.4 is 31.7 Å². The maximum Gasteiger partial charge on any atom is 0.305 e. The molecule has 0 spiro atoms. The number of carbonyl (C=O) groups is 4. The first kappa shape index (κ1) is 35.3. The Kier molecular flexibility index (Phi) is 14.2. The fraction of sp³-hybridized carbons (Fsp3) is 0.394. The van der Waals surface area contributed by atoms with E-state index < -0.39 is 5.91 Å². The molecule has 3 amide bonds. The molecule has 0 aliphatic carbocycles. The molecule has 0 atom stereocenters. The molecule has 13 nitrogen and oxygen atoms in total. The summed E-state index contributed by atoms with van der Waals surface area (Å²) in [5.41, 5.74) is 7.23. The quantitative estimate of drug-likeness (QED) is 0.0903. The Morgan fingerprint density at radius 3 is 2.17 bits per heavy atom. The van der Waals surface area contributed by atoms with Crippen molar-refractivity contribution in [2.45, 2.75) is 58.3 Å². The summed E-state index contributed by atoms with van der Waals surface area (Å²) >= 11 is 0. The van der Waals surface area contributed by atoms with Gasteiger partial charge in [0.1, 0.15) is 11.6 Å². The van der Waals surface area contributed by atoms with E-state index in [9.17, 15) is 19.2 Å². The van der Waals surface area contributed by atoms with Gasteiger partial charge < -0.3 is 36.5 Å². The average molecular weight is 634 g/mol. The summed E-state index contributed by atoms with van der Waals surface area (Å²) in [4.78, 5) is 56.9. The molecular formula is C33H43N7O6. The molecular weight excluding hydrogens is 590 g/mol. The van der Waals surface area contributed by atoms with Crippen LogP contribution in [0.4, 0.5) is 23.0 Å². The van der Waals surface area contributed by atoms with E-state index in [-0.39, 0.29) is 23.3 Å². The van der Waals surface area contributed by atoms with E-state index in [1.807, 2.05) is 6.92 Å². The van der Waals surface area contributed by atoms with E-state index >= 15 is 0 Å². The van der Waals surface area contributed by atoms with Crippen molar-refractivity contribution in [3.8, 4) is 5.75 Å². The molecule has 0 aliphatic rings. The van der Waals surface area contributed by atoms with Crippen molar-refractivity contribution >= 4 is 46.7 Å². The van der Waals surface area contributed by atoms with Crippen molar-refractivity contribution in [1.82, 2.24) is 20.6 Å². The third-order valence-corrected chi connectivity index (χ3v) is 7.06. The average Bonchev–Trinajstić information content (AvgIpc) is 3.05. The summed E-state index contributed by atoms with van der Waals surface area (Å²) < 4.78 is 10.4. The first-order valence-electron chi connectivity index (χ1n) is 15.4. The molecule has 0 saturated heterocycles. The Bertz CT molecular complexity index is 1480. The lowest BCUT2D eigenvalue weighted by Crippen LogP contribution is -2.24. The third-order valence-electron chi connectivity index (χ3n) is 7.06. The molecule has 1 aromatic carbocycles. The number of nitrogens with one attached hydrogen (secondary N) is 4. The number of ether oxygens (including phenoxy) is 2. The number of hydrogen-bond donors (Lipinski definition) is 5. The molecule has 0 unspecified atom stereocenters. The number of nitrogens with zero attached hydrogens (tertiary/aromatic N) is 2. The number of unbranched alkanes of at least 4 members (excludes halogenated alkanes) is 6. The number of methoxy groups -OCH3 is 1. The minimum absolute atomic E-state index is 0.125. The predicted octanol–water partition coefficient (Wildman–Crippen LogP) is 4.84. The van der Waals surface area contributed by atoms with E-state index in [2.05, 4.69) is 31.2 Å². The van der Waals surface area contributed by atoms with Gasteiger partial charge in [-0.3, -0.25) is 19.2 Å². The van der Waals surface area contributed by atoms with Crippen LogP contribution in [0.3, 0.4) is 0 Å². The smallest absolute Gasteiger partial charge is 0.305 e. The van der Waals surface area contributed by atoms with Gasteiger partial charge in [0, 0.05) is 38.5 Å². The van der Waals surface area contributed by atoms with Crippen LogP contribution in [-0.4, -0.2) is 61.0 Å². The molecule has 0 aliphatic heterocycles. The molecule has 0 fully saturated rings. The summed E-state index contributed by atoms with van der Waals surface area (Å²) in [6.45, 7) is 2.82. The topological polar surface area (TPSA) is 187 Å². The zero-order valence-electron chi connectivity index (χ0n) is 26.6. The van der Waals surface area contributed by atoms with E-state index in [1.54, 1.807) is 36.4 Å². The van der Waals surface area contributed by atoms with Crippen molar-refractivity contribution < 1.29 is 28.7 Å². The largest absolute Gasteiger partial charge is 0.494 e. The third kappa shape index (κ3) is 10.8. The highest BCUT2D eigenvalue weighted by Gasteiger charge is 2.18. The lowest BCUT2D eigenvalue weighted by Gasteiger charge is -2.16. The standard InChI is InChI=1S/C33H43N7O6/c1-4-46-29(41)15-10-8-6-5-7-9-11-18-36-32(43)22-16-17-27(37-20-22)40-28-19-26(24(21-38-28)31(34)42)39-25-14-12-13-23(30(25)45-3)33(44)35-2/h12-14,16-17,19-21H,4-11,15,18H2,1-3H3,(H2,34,42)(H,35,44)(H,36,43)(H2,37,38,39,40). The molecule has 13 heteroatoms. The number of benzene rings is 1. The van der Waals surface area contributed by atoms with E-state index in [1.165, 1.54) is 26.6 Å². The molecule has 2 heterocycles. The lowest BCUT2D eigenvalue weighted by atomic mass is 10.1. The fourth-order valence-electron chi connectivity index (χ4n) is 4.69. The Labute approximate surface area is 269 Å². The van der Waals surface area contributed by atoms with Crippen LogP contribution in [0.25, 0.3) is 0 Å². The van der Waals surface area contributed by atoms with Gasteiger partial charge in [0.05, 0.1) is 41.8 Å². The fourth-order valence-corrected chi connectivity index (χ4v) is 4.69. The van der Waals surface area contributed by atoms with E-state index in [0.29, 0.717) is 59.5 Å². The van der Waals surface area contributed by atoms with Crippen LogP contribution in [0.5, 0.6) is 5.75 Å². The van der Waals surface area contributed by atoms with Gasteiger partial charge in [-0.1, -0.05) is 38.2 Å². The maximum atomic E-state index is 12.6. The Morgan fingerprint density at radius 1 is 0.804 bits per heavy atom. The SMILES string of the molecule is CCOC(=O)CCCCCCCCCNC(=O)c1ccc(Nc2cc(Nc3cccc(C(=O)NC)c3OC)c(C(N)=O)cn2)nc1. The Hall–Kier alpha value is -5.20. The van der Waals surface area contributed by atoms with Crippen molar-refractivity contribution in [2.24, 2.45) is 5.73 Å². The predicted molar refractivity (Wildman–Crippen MR) is 176 cm³/mol. The van der Waals surface area contributed by atoms with Crippen LogP contribution in [0, 0.1) is 0 Å². The second-order valence-electron chi connectivity index (χ2n) is 10.4. The van der Waals surface area contributed by atoms with Crippen LogP contribution in [0.2, 0.25) is 0 Å². The molecule has 0 radical (unpaired) electrons. The number of primary amides is 1.